The molecule has 1 aromatic heterocycles. The van der Waals surface area contributed by atoms with E-state index in [9.17, 15) is 14.7 Å². The number of rotatable bonds is 7. The number of nitrogens with one attached hydrogen (secondary N) is 1. The summed E-state index contributed by atoms with van der Waals surface area (Å²) in [6.45, 7) is 1.93. The normalized spacial score (nSPS) is 11.5. The maximum absolute atomic E-state index is 13.3. The Hall–Kier alpha value is -3.43. The second-order valence-electron chi connectivity index (χ2n) is 7.31. The molecule has 0 saturated heterocycles. The third-order valence-electron chi connectivity index (χ3n) is 5.01. The summed E-state index contributed by atoms with van der Waals surface area (Å²) in [6.07, 6.45) is 0.605. The van der Waals surface area contributed by atoms with E-state index in [-0.39, 0.29) is 23.0 Å². The lowest BCUT2D eigenvalue weighted by atomic mass is 10.1. The second kappa shape index (κ2) is 10.7. The Bertz CT molecular complexity index is 1420. The Morgan fingerprint density at radius 2 is 1.79 bits per heavy atom. The number of amides is 1. The number of halogens is 1. The van der Waals surface area contributed by atoms with Crippen LogP contribution in [0.1, 0.15) is 18.9 Å². The van der Waals surface area contributed by atoms with Gasteiger partial charge in [-0.25, -0.2) is 10.4 Å². The molecule has 0 aliphatic carbocycles. The highest BCUT2D eigenvalue weighted by molar-refractivity contribution is 9.10. The molecule has 0 bridgehead atoms. The lowest BCUT2D eigenvalue weighted by Crippen LogP contribution is -2.24. The van der Waals surface area contributed by atoms with Crippen molar-refractivity contribution in [3.63, 3.8) is 0 Å². The van der Waals surface area contributed by atoms with Crippen LogP contribution in [0.5, 0.6) is 5.75 Å². The van der Waals surface area contributed by atoms with Gasteiger partial charge in [-0.05, 0) is 72.6 Å². The van der Waals surface area contributed by atoms with Crippen LogP contribution in [0.3, 0.4) is 0 Å². The minimum Gasteiger partial charge on any atom is -0.508 e. The van der Waals surface area contributed by atoms with Crippen LogP contribution in [0.4, 0.5) is 0 Å². The summed E-state index contributed by atoms with van der Waals surface area (Å²) < 4.78 is 2.41. The molecule has 0 aliphatic heterocycles. The van der Waals surface area contributed by atoms with Gasteiger partial charge in [0, 0.05) is 4.47 Å². The van der Waals surface area contributed by atoms with Crippen LogP contribution in [-0.2, 0) is 4.79 Å². The van der Waals surface area contributed by atoms with Gasteiger partial charge in [-0.15, -0.1) is 0 Å². The van der Waals surface area contributed by atoms with Gasteiger partial charge in [0.25, 0.3) is 11.5 Å². The van der Waals surface area contributed by atoms with E-state index in [1.165, 1.54) is 16.3 Å². The zero-order chi connectivity index (χ0) is 24.1. The molecule has 172 valence electrons. The standard InChI is InChI=1S/C25H21BrN4O3S/c1-2-21(16-7-13-19(31)14-8-16)28-29-23(32)15-34-25-27-22-6-4-3-5-20(22)24(33)30(25)18-11-9-17(26)10-12-18/h3-14,31H,2,15H2,1H3,(H,29,32)/b28-21-. The number of thioether (sulfide) groups is 1. The van der Waals surface area contributed by atoms with Crippen molar-refractivity contribution in [2.75, 3.05) is 5.75 Å². The van der Waals surface area contributed by atoms with Crippen LogP contribution in [0.25, 0.3) is 16.6 Å². The Morgan fingerprint density at radius 3 is 2.50 bits per heavy atom. The summed E-state index contributed by atoms with van der Waals surface area (Å²) >= 11 is 4.58. The van der Waals surface area contributed by atoms with Gasteiger partial charge in [0.05, 0.1) is 28.1 Å². The van der Waals surface area contributed by atoms with Crippen LogP contribution in [0.15, 0.2) is 92.3 Å². The Morgan fingerprint density at radius 1 is 1.09 bits per heavy atom. The molecule has 9 heteroatoms. The summed E-state index contributed by atoms with van der Waals surface area (Å²) in [5.74, 6) is -0.129. The maximum Gasteiger partial charge on any atom is 0.266 e. The van der Waals surface area contributed by atoms with E-state index >= 15 is 0 Å². The Labute approximate surface area is 208 Å². The van der Waals surface area contributed by atoms with Gasteiger partial charge in [0.15, 0.2) is 5.16 Å². The molecule has 4 rings (SSSR count). The number of nitrogens with zero attached hydrogens (tertiary/aromatic N) is 3. The van der Waals surface area contributed by atoms with Crippen molar-refractivity contribution in [2.45, 2.75) is 18.5 Å². The van der Waals surface area contributed by atoms with E-state index in [4.69, 9.17) is 0 Å². The average Bonchev–Trinajstić information content (AvgIpc) is 2.85. The number of carbonyl (C=O) groups is 1. The first-order valence-electron chi connectivity index (χ1n) is 10.5. The van der Waals surface area contributed by atoms with Crippen molar-refractivity contribution in [1.82, 2.24) is 15.0 Å². The van der Waals surface area contributed by atoms with Crippen LogP contribution in [0.2, 0.25) is 0 Å². The number of hydrogen-bond donors (Lipinski definition) is 2. The zero-order valence-corrected chi connectivity index (χ0v) is 20.6. The number of para-hydroxylation sites is 1. The molecule has 1 heterocycles. The number of phenolic OH excluding ortho intramolecular Hbond substituents is 1. The second-order valence-corrected chi connectivity index (χ2v) is 9.17. The molecule has 0 radical (unpaired) electrons. The average molecular weight is 537 g/mol. The summed E-state index contributed by atoms with van der Waals surface area (Å²) in [4.78, 5) is 30.5. The Kier molecular flexibility index (Phi) is 7.44. The van der Waals surface area contributed by atoms with Crippen LogP contribution in [0, 0.1) is 0 Å². The topological polar surface area (TPSA) is 96.6 Å². The number of benzene rings is 3. The zero-order valence-electron chi connectivity index (χ0n) is 18.2. The molecule has 7 nitrogen and oxygen atoms in total. The quantitative estimate of drug-likeness (QED) is 0.152. The molecule has 4 aromatic rings. The van der Waals surface area contributed by atoms with Crippen molar-refractivity contribution in [2.24, 2.45) is 5.10 Å². The fourth-order valence-corrected chi connectivity index (χ4v) is 4.39. The van der Waals surface area contributed by atoms with Gasteiger partial charge >= 0.3 is 0 Å². The SMILES string of the molecule is CC/C(=N/NC(=O)CSc1nc2ccccc2c(=O)n1-c1ccc(Br)cc1)c1ccc(O)cc1. The number of aromatic hydroxyl groups is 1. The van der Waals surface area contributed by atoms with Crippen molar-refractivity contribution in [3.05, 3.63) is 93.2 Å². The number of hydrazone groups is 1. The van der Waals surface area contributed by atoms with E-state index in [1.54, 1.807) is 42.5 Å². The number of hydrogen-bond acceptors (Lipinski definition) is 6. The van der Waals surface area contributed by atoms with Crippen LogP contribution in [-0.4, -0.2) is 32.0 Å². The molecular weight excluding hydrogens is 516 g/mol. The van der Waals surface area contributed by atoms with Crippen molar-refractivity contribution in [1.29, 1.82) is 0 Å². The summed E-state index contributed by atoms with van der Waals surface area (Å²) in [7, 11) is 0. The third-order valence-corrected chi connectivity index (χ3v) is 6.48. The molecule has 0 saturated carbocycles. The van der Waals surface area contributed by atoms with E-state index in [2.05, 4.69) is 31.4 Å². The van der Waals surface area contributed by atoms with E-state index < -0.39 is 0 Å². The number of phenols is 1. The van der Waals surface area contributed by atoms with E-state index in [1.807, 2.05) is 37.3 Å². The summed E-state index contributed by atoms with van der Waals surface area (Å²) in [5.41, 5.74) is 5.11. The molecule has 1 amide bonds. The van der Waals surface area contributed by atoms with E-state index in [0.717, 1.165) is 10.0 Å². The minimum atomic E-state index is -0.320. The monoisotopic (exact) mass is 536 g/mol. The summed E-state index contributed by atoms with van der Waals surface area (Å²) in [5, 5.41) is 14.6. The van der Waals surface area contributed by atoms with Gasteiger partial charge in [-0.1, -0.05) is 46.7 Å². The summed E-state index contributed by atoms with van der Waals surface area (Å²) in [6, 6.07) is 21.1. The van der Waals surface area contributed by atoms with E-state index in [0.29, 0.717) is 33.9 Å². The predicted octanol–water partition coefficient (Wildman–Crippen LogP) is 4.88. The van der Waals surface area contributed by atoms with Crippen molar-refractivity contribution < 1.29 is 9.90 Å². The predicted molar refractivity (Wildman–Crippen MR) is 139 cm³/mol. The largest absolute Gasteiger partial charge is 0.508 e. The molecule has 0 aliphatic rings. The molecule has 34 heavy (non-hydrogen) atoms. The van der Waals surface area contributed by atoms with Gasteiger partial charge in [0.2, 0.25) is 0 Å². The molecule has 0 spiro atoms. The lowest BCUT2D eigenvalue weighted by Gasteiger charge is -2.13. The van der Waals surface area contributed by atoms with Crippen LogP contribution < -0.4 is 11.0 Å². The first kappa shape index (κ1) is 23.7. The van der Waals surface area contributed by atoms with Gasteiger partial charge < -0.3 is 5.11 Å². The van der Waals surface area contributed by atoms with Crippen molar-refractivity contribution >= 4 is 50.2 Å². The third kappa shape index (κ3) is 5.37. The number of aromatic nitrogens is 2. The van der Waals surface area contributed by atoms with Gasteiger partial charge in [-0.3, -0.25) is 14.2 Å². The molecule has 0 atom stereocenters. The first-order chi connectivity index (χ1) is 16.5. The minimum absolute atomic E-state index is 0.0252. The molecule has 0 unspecified atom stereocenters. The number of fused-ring (bicyclic) bond motifs is 1. The highest BCUT2D eigenvalue weighted by atomic mass is 79.9. The fourth-order valence-electron chi connectivity index (χ4n) is 3.32. The molecule has 2 N–H and O–H groups in total. The molecule has 3 aromatic carbocycles. The lowest BCUT2D eigenvalue weighted by molar-refractivity contribution is -0.118. The fraction of sp³-hybridized carbons (Fsp3) is 0.120. The maximum atomic E-state index is 13.3. The van der Waals surface area contributed by atoms with Gasteiger partial charge in [-0.2, -0.15) is 5.10 Å². The molecular formula is C25H21BrN4O3S. The number of carbonyl (C=O) groups excluding carboxylic acids is 1. The van der Waals surface area contributed by atoms with Crippen LogP contribution >= 0.6 is 27.7 Å². The molecule has 0 fully saturated rings. The Balaban J connectivity index is 1.58. The van der Waals surface area contributed by atoms with Crippen molar-refractivity contribution in [3.8, 4) is 11.4 Å². The van der Waals surface area contributed by atoms with Gasteiger partial charge in [0.1, 0.15) is 5.75 Å². The smallest absolute Gasteiger partial charge is 0.266 e. The first-order valence-corrected chi connectivity index (χ1v) is 12.3. The highest BCUT2D eigenvalue weighted by Crippen LogP contribution is 2.22. The highest BCUT2D eigenvalue weighted by Gasteiger charge is 2.15.